The van der Waals surface area contributed by atoms with Gasteiger partial charge in [-0.3, -0.25) is 28.2 Å². The van der Waals surface area contributed by atoms with Crippen molar-refractivity contribution < 1.29 is 0 Å². The minimum absolute atomic E-state index is 0.0205. The fraction of sp³-hybridized carbons (Fsp3) is 0.429. The maximum Gasteiger partial charge on any atom is 0.329 e. The van der Waals surface area contributed by atoms with Crippen LogP contribution in [0, 0.1) is 11.8 Å². The van der Waals surface area contributed by atoms with Crippen LogP contribution in [0.1, 0.15) is 90.0 Å². The molecule has 0 saturated heterocycles. The van der Waals surface area contributed by atoms with Crippen LogP contribution in [0.25, 0.3) is 44.4 Å². The van der Waals surface area contributed by atoms with Gasteiger partial charge in [-0.25, -0.2) is 29.5 Å². The summed E-state index contributed by atoms with van der Waals surface area (Å²) in [6, 6.07) is 10.4. The average Bonchev–Trinajstić information content (AvgIpc) is 4.11. The third-order valence-corrected chi connectivity index (χ3v) is 11.5. The number of imidazole rings is 4. The number of halogens is 1. The number of pyridine rings is 4. The van der Waals surface area contributed by atoms with Crippen LogP contribution in [-0.2, 0) is 26.2 Å². The molecule has 2 aliphatic rings. The van der Waals surface area contributed by atoms with Crippen LogP contribution in [0.4, 0.5) is 0 Å². The maximum absolute atomic E-state index is 13.3. The van der Waals surface area contributed by atoms with Crippen molar-refractivity contribution >= 4 is 60.3 Å². The fourth-order valence-corrected chi connectivity index (χ4v) is 8.06. The van der Waals surface area contributed by atoms with Crippen LogP contribution in [0.3, 0.4) is 0 Å². The van der Waals surface area contributed by atoms with Crippen LogP contribution in [0.2, 0.25) is 0 Å². The van der Waals surface area contributed by atoms with Gasteiger partial charge < -0.3 is 9.13 Å². The zero-order valence-electron chi connectivity index (χ0n) is 32.8. The molecule has 0 unspecified atom stereocenters. The number of hydrogen-bond acceptors (Lipinski definition) is 8. The van der Waals surface area contributed by atoms with Crippen LogP contribution in [0.15, 0.2) is 81.6 Å². The minimum atomic E-state index is 0.0205. The molecule has 0 radical (unpaired) electrons. The predicted octanol–water partition coefficient (Wildman–Crippen LogP) is 7.51. The Morgan fingerprint density at radius 3 is 1.65 bits per heavy atom. The van der Waals surface area contributed by atoms with Crippen molar-refractivity contribution in [1.29, 1.82) is 0 Å². The zero-order valence-corrected chi connectivity index (χ0v) is 34.4. The summed E-state index contributed by atoms with van der Waals surface area (Å²) in [5, 5.41) is 0. The summed E-state index contributed by atoms with van der Waals surface area (Å²) in [7, 11) is 0. The predicted molar refractivity (Wildman–Crippen MR) is 224 cm³/mol. The molecule has 0 aromatic carbocycles. The molecule has 2 saturated carbocycles. The Morgan fingerprint density at radius 1 is 0.632 bits per heavy atom. The zero-order chi connectivity index (χ0) is 39.4. The molecule has 0 aliphatic heterocycles. The van der Waals surface area contributed by atoms with Gasteiger partial charge in [-0.05, 0) is 96.6 Å². The lowest BCUT2D eigenvalue weighted by Gasteiger charge is -2.11. The van der Waals surface area contributed by atoms with E-state index in [1.807, 2.05) is 48.6 Å². The summed E-state index contributed by atoms with van der Waals surface area (Å²) in [6.45, 7) is 11.4. The van der Waals surface area contributed by atoms with Gasteiger partial charge in [0, 0.05) is 54.4 Å². The number of fused-ring (bicyclic) bond motifs is 4. The van der Waals surface area contributed by atoms with E-state index >= 15 is 0 Å². The quantitative estimate of drug-likeness (QED) is 0.123. The molecule has 2 fully saturated rings. The molecule has 0 amide bonds. The Balaban J connectivity index is 0.000000148. The van der Waals surface area contributed by atoms with Crippen LogP contribution >= 0.6 is 15.9 Å². The molecule has 8 heterocycles. The van der Waals surface area contributed by atoms with Crippen molar-refractivity contribution in [3.63, 3.8) is 0 Å². The second-order valence-electron chi connectivity index (χ2n) is 16.2. The van der Waals surface area contributed by atoms with Crippen LogP contribution in [-0.4, -0.2) is 57.3 Å². The van der Waals surface area contributed by atoms with Gasteiger partial charge in [0.15, 0.2) is 11.3 Å². The van der Waals surface area contributed by atoms with E-state index in [1.54, 1.807) is 37.2 Å². The molecule has 15 heteroatoms. The smallest absolute Gasteiger partial charge is 0.311 e. The summed E-state index contributed by atoms with van der Waals surface area (Å²) in [6.07, 6.45) is 17.0. The van der Waals surface area contributed by atoms with Gasteiger partial charge in [-0.15, -0.1) is 0 Å². The molecule has 14 nitrogen and oxygen atoms in total. The Morgan fingerprint density at radius 2 is 1.14 bits per heavy atom. The molecule has 8 aromatic heterocycles. The summed E-state index contributed by atoms with van der Waals surface area (Å²) in [5.74, 6) is 2.87. The Labute approximate surface area is 337 Å². The van der Waals surface area contributed by atoms with E-state index in [2.05, 4.69) is 72.7 Å². The van der Waals surface area contributed by atoms with Crippen LogP contribution in [0.5, 0.6) is 0 Å². The lowest BCUT2D eigenvalue weighted by Crippen LogP contribution is -2.25. The molecule has 0 atom stereocenters. The minimum Gasteiger partial charge on any atom is -0.311 e. The summed E-state index contributed by atoms with van der Waals surface area (Å²) < 4.78 is 12.7. The number of aromatic nitrogens is 12. The normalized spacial score (nSPS) is 14.5. The van der Waals surface area contributed by atoms with Crippen LogP contribution < -0.4 is 11.4 Å². The first-order chi connectivity index (χ1) is 27.7. The van der Waals surface area contributed by atoms with E-state index in [0.717, 1.165) is 112 Å². The first-order valence-corrected chi connectivity index (χ1v) is 20.9. The maximum atomic E-state index is 13.3. The van der Waals surface area contributed by atoms with Crippen molar-refractivity contribution in [2.24, 2.45) is 11.8 Å². The van der Waals surface area contributed by atoms with E-state index in [-0.39, 0.29) is 11.4 Å². The number of nitrogens with zero attached hydrogens (tertiary/aromatic N) is 12. The Kier molecular flexibility index (Phi) is 9.87. The molecule has 2 aliphatic carbocycles. The third kappa shape index (κ3) is 7.21. The topological polar surface area (TPSA) is 141 Å². The lowest BCUT2D eigenvalue weighted by atomic mass is 10.1. The van der Waals surface area contributed by atoms with Gasteiger partial charge in [0.1, 0.15) is 22.7 Å². The number of rotatable bonds is 12. The molecular formula is C42H47BrN12O2. The highest BCUT2D eigenvalue weighted by molar-refractivity contribution is 9.10. The van der Waals surface area contributed by atoms with Gasteiger partial charge >= 0.3 is 11.4 Å². The van der Waals surface area contributed by atoms with Gasteiger partial charge in [-0.1, -0.05) is 27.7 Å². The molecule has 0 N–H and O–H groups in total. The number of aryl methyl sites for hydroxylation is 2. The van der Waals surface area contributed by atoms with E-state index in [4.69, 9.17) is 9.97 Å². The highest BCUT2D eigenvalue weighted by Gasteiger charge is 2.31. The van der Waals surface area contributed by atoms with E-state index in [1.165, 1.54) is 0 Å². The Hall–Kier alpha value is -5.44. The van der Waals surface area contributed by atoms with Crippen molar-refractivity contribution in [1.82, 2.24) is 57.3 Å². The van der Waals surface area contributed by atoms with E-state index in [0.29, 0.717) is 37.0 Å². The third-order valence-electron chi connectivity index (χ3n) is 11.0. The summed E-state index contributed by atoms with van der Waals surface area (Å²) in [5.41, 5.74) is 7.16. The SMILES string of the molecule is CC(C)CCn1c(Cn2c(=O)n(C3CC3)c3ccncc32)nc2cc(Br)cnc21.CC(C)CCn1c(Cn2c(=O)n(C3CC3)c3ccncc32)nc2cccnc21. The van der Waals surface area contributed by atoms with Crippen molar-refractivity contribution in [3.8, 4) is 0 Å². The van der Waals surface area contributed by atoms with Gasteiger partial charge in [-0.2, -0.15) is 0 Å². The largest absolute Gasteiger partial charge is 0.329 e. The first kappa shape index (κ1) is 37.2. The van der Waals surface area contributed by atoms with Crippen molar-refractivity contribution in [2.75, 3.05) is 0 Å². The lowest BCUT2D eigenvalue weighted by molar-refractivity contribution is 0.505. The van der Waals surface area contributed by atoms with E-state index < -0.39 is 0 Å². The van der Waals surface area contributed by atoms with Gasteiger partial charge in [0.05, 0.1) is 47.6 Å². The first-order valence-electron chi connectivity index (χ1n) is 20.1. The highest BCUT2D eigenvalue weighted by atomic mass is 79.9. The molecule has 0 spiro atoms. The average molecular weight is 832 g/mol. The second kappa shape index (κ2) is 15.1. The Bertz CT molecular complexity index is 2870. The van der Waals surface area contributed by atoms with Gasteiger partial charge in [0.25, 0.3) is 0 Å². The summed E-state index contributed by atoms with van der Waals surface area (Å²) in [4.78, 5) is 53.8. The fourth-order valence-electron chi connectivity index (χ4n) is 7.74. The number of hydrogen-bond donors (Lipinski definition) is 0. The monoisotopic (exact) mass is 830 g/mol. The van der Waals surface area contributed by atoms with Crippen molar-refractivity contribution in [3.05, 3.63) is 105 Å². The second-order valence-corrected chi connectivity index (χ2v) is 17.2. The van der Waals surface area contributed by atoms with Gasteiger partial charge in [0.2, 0.25) is 0 Å². The molecule has 57 heavy (non-hydrogen) atoms. The van der Waals surface area contributed by atoms with E-state index in [9.17, 15) is 9.59 Å². The molecule has 294 valence electrons. The molecule has 0 bridgehead atoms. The standard InChI is InChI=1S/C21H23BrN6O.C21H24N6O/c1-13(2)6-8-26-19(25-16-9-14(22)10-24-20(16)26)12-27-18-11-23-7-5-17(18)28(21(27)29)15-3-4-15;1-14(2)8-11-25-19(24-16-4-3-9-23-20(16)25)13-26-18-12-22-10-7-17(18)27(21(26)28)15-5-6-15/h5,7,9-11,13,15H,3-4,6,8,12H2,1-2H3;3-4,7,9-10,12,14-15H,5-6,8,11,13H2,1-2H3. The molecule has 10 rings (SSSR count). The van der Waals surface area contributed by atoms with Crippen molar-refractivity contribution in [2.45, 2.75) is 104 Å². The highest BCUT2D eigenvalue weighted by Crippen LogP contribution is 2.37. The summed E-state index contributed by atoms with van der Waals surface area (Å²) >= 11 is 3.49. The molecule has 8 aromatic rings. The molecular weight excluding hydrogens is 784 g/mol.